The largest absolute Gasteiger partial charge is 0.481 e. The molecule has 0 aliphatic carbocycles. The summed E-state index contributed by atoms with van der Waals surface area (Å²) in [6.07, 6.45) is 0.301. The lowest BCUT2D eigenvalue weighted by molar-refractivity contribution is -0.167. The maximum Gasteiger partial charge on any atom is 0.352 e. The highest BCUT2D eigenvalue weighted by Gasteiger charge is 2.49. The SMILES string of the molecule is Cc1cc(NC(=O)c2ccc(F)c(C(F)(F)C(=O)N3CCC(C(=O)O)CC3)c2)ccc1F.Cc1cc(NC(=O)c2ccc(F)c(C(F)(F)C(=O)N3CCC(C(=O)OC(C)(C)C)CC3)c2)ccc1F. The predicted octanol–water partition coefficient (Wildman–Crippen LogP) is 9.14. The van der Waals surface area contributed by atoms with Crippen molar-refractivity contribution >= 4 is 46.9 Å². The molecule has 0 radical (unpaired) electrons. The second-order valence-corrected chi connectivity index (χ2v) is 17.4. The summed E-state index contributed by atoms with van der Waals surface area (Å²) in [5.41, 5.74) is -2.85. The number of nitrogens with one attached hydrogen (secondary N) is 2. The maximum absolute atomic E-state index is 15.1. The van der Waals surface area contributed by atoms with Crippen LogP contribution in [0.4, 0.5) is 46.5 Å². The van der Waals surface area contributed by atoms with Crippen LogP contribution in [0, 0.1) is 49.0 Å². The fourth-order valence-corrected chi connectivity index (χ4v) is 7.33. The summed E-state index contributed by atoms with van der Waals surface area (Å²) in [7, 11) is 0. The van der Waals surface area contributed by atoms with Gasteiger partial charge in [-0.05, 0) is 144 Å². The summed E-state index contributed by atoms with van der Waals surface area (Å²) >= 11 is 0. The fourth-order valence-electron chi connectivity index (χ4n) is 7.33. The molecule has 0 spiro atoms. The molecule has 0 aromatic heterocycles. The molecule has 0 saturated carbocycles. The van der Waals surface area contributed by atoms with Gasteiger partial charge in [0.05, 0.1) is 23.0 Å². The number of esters is 1. The van der Waals surface area contributed by atoms with Gasteiger partial charge in [0.1, 0.15) is 28.9 Å². The Morgan fingerprint density at radius 1 is 0.559 bits per heavy atom. The number of amides is 4. The number of aliphatic carboxylic acids is 1. The van der Waals surface area contributed by atoms with Crippen LogP contribution < -0.4 is 10.6 Å². The molecule has 4 amide bonds. The minimum Gasteiger partial charge on any atom is -0.481 e. The predicted molar refractivity (Wildman–Crippen MR) is 231 cm³/mol. The van der Waals surface area contributed by atoms with E-state index in [4.69, 9.17) is 9.84 Å². The van der Waals surface area contributed by atoms with Crippen LogP contribution in [-0.4, -0.2) is 82.3 Å². The molecule has 68 heavy (non-hydrogen) atoms. The Bertz CT molecular complexity index is 2590. The number of carboxylic acid groups (broad SMARTS) is 1. The summed E-state index contributed by atoms with van der Waals surface area (Å²) in [5, 5.41) is 13.8. The Kier molecular flexibility index (Phi) is 16.1. The Labute approximate surface area is 385 Å². The molecule has 4 aromatic carbocycles. The number of rotatable bonds is 10. The summed E-state index contributed by atoms with van der Waals surface area (Å²) < 4.78 is 121. The zero-order valence-electron chi connectivity index (χ0n) is 37.5. The van der Waals surface area contributed by atoms with Crippen LogP contribution in [-0.2, 0) is 35.8 Å². The lowest BCUT2D eigenvalue weighted by atomic mass is 9.95. The molecular weight excluding hydrogens is 913 g/mol. The van der Waals surface area contributed by atoms with E-state index in [0.29, 0.717) is 24.3 Å². The highest BCUT2D eigenvalue weighted by atomic mass is 19.3. The normalized spacial score (nSPS) is 14.9. The number of nitrogens with zero attached hydrogens (tertiary/aromatic N) is 2. The number of hydrogen-bond donors (Lipinski definition) is 3. The van der Waals surface area contributed by atoms with Crippen molar-refractivity contribution < 1.29 is 73.7 Å². The van der Waals surface area contributed by atoms with Crippen LogP contribution >= 0.6 is 0 Å². The smallest absolute Gasteiger partial charge is 0.352 e. The number of carbonyl (C=O) groups is 6. The average molecular weight is 961 g/mol. The first-order valence-corrected chi connectivity index (χ1v) is 21.2. The fraction of sp³-hybridized carbons (Fsp3) is 0.375. The first-order valence-electron chi connectivity index (χ1n) is 21.2. The molecular formula is C48H48F8N4O8. The van der Waals surface area contributed by atoms with Crippen LogP contribution in [0.2, 0.25) is 0 Å². The van der Waals surface area contributed by atoms with Crippen molar-refractivity contribution in [3.63, 3.8) is 0 Å². The number of ether oxygens (including phenoxy) is 1. The average Bonchev–Trinajstić information content (AvgIpc) is 3.28. The summed E-state index contributed by atoms with van der Waals surface area (Å²) in [6.45, 7) is 7.48. The second kappa shape index (κ2) is 21.0. The number of halogens is 8. The van der Waals surface area contributed by atoms with E-state index in [1.54, 1.807) is 20.8 Å². The molecule has 6 rings (SSSR count). The standard InChI is InChI=1S/C26H28F4N2O4.C22H20F4N2O4/c1-15-13-18(6-8-20(15)27)31-22(33)17-5-7-21(28)19(14-17)26(29,30)24(35)32-11-9-16(10-12-32)23(34)36-25(2,3)4;1-12-10-15(3-5-17(12)23)27-19(29)14-2-4-18(24)16(11-14)22(25,26)21(32)28-8-6-13(7-9-28)20(30)31/h5-8,13-14,16H,9-12H2,1-4H3,(H,31,33);2-5,10-11,13H,6-9H2,1H3,(H,27,29)(H,30,31). The molecule has 3 N–H and O–H groups in total. The number of aryl methyl sites for hydroxylation is 2. The highest BCUT2D eigenvalue weighted by Crippen LogP contribution is 2.36. The Balaban J connectivity index is 0.000000256. The van der Waals surface area contributed by atoms with Gasteiger partial charge in [0.2, 0.25) is 0 Å². The molecule has 2 saturated heterocycles. The molecule has 12 nitrogen and oxygen atoms in total. The lowest BCUT2D eigenvalue weighted by Crippen LogP contribution is -2.47. The number of carboxylic acids is 1. The van der Waals surface area contributed by atoms with Gasteiger partial charge in [-0.25, -0.2) is 17.6 Å². The van der Waals surface area contributed by atoms with Gasteiger partial charge >= 0.3 is 23.8 Å². The van der Waals surface area contributed by atoms with Crippen molar-refractivity contribution in [2.24, 2.45) is 11.8 Å². The van der Waals surface area contributed by atoms with E-state index in [1.165, 1.54) is 38.1 Å². The van der Waals surface area contributed by atoms with Crippen LogP contribution in [0.5, 0.6) is 0 Å². The Morgan fingerprint density at radius 3 is 1.25 bits per heavy atom. The number of benzene rings is 4. The van der Waals surface area contributed by atoms with Crippen LogP contribution in [0.15, 0.2) is 72.8 Å². The summed E-state index contributed by atoms with van der Waals surface area (Å²) in [5.74, 6) is -19.9. The van der Waals surface area contributed by atoms with Gasteiger partial charge in [-0.1, -0.05) is 0 Å². The van der Waals surface area contributed by atoms with Gasteiger partial charge in [0.25, 0.3) is 23.6 Å². The molecule has 2 aliphatic rings. The third-order valence-corrected chi connectivity index (χ3v) is 11.2. The topological polar surface area (TPSA) is 162 Å². The number of hydrogen-bond acceptors (Lipinski definition) is 7. The van der Waals surface area contributed by atoms with Crippen molar-refractivity contribution in [2.75, 3.05) is 36.8 Å². The van der Waals surface area contributed by atoms with Crippen LogP contribution in [0.3, 0.4) is 0 Å². The monoisotopic (exact) mass is 960 g/mol. The number of alkyl halides is 4. The number of anilines is 2. The summed E-state index contributed by atoms with van der Waals surface area (Å²) in [6, 6.07) is 12.1. The van der Waals surface area contributed by atoms with E-state index in [2.05, 4.69) is 10.6 Å². The van der Waals surface area contributed by atoms with Crippen molar-refractivity contribution in [3.8, 4) is 0 Å². The van der Waals surface area contributed by atoms with Crippen molar-refractivity contribution in [3.05, 3.63) is 129 Å². The third kappa shape index (κ3) is 12.6. The molecule has 2 fully saturated rings. The quantitative estimate of drug-likeness (QED) is 0.105. The van der Waals surface area contributed by atoms with E-state index in [9.17, 15) is 55.1 Å². The zero-order chi connectivity index (χ0) is 50.5. The summed E-state index contributed by atoms with van der Waals surface area (Å²) in [4.78, 5) is 75.0. The minimum atomic E-state index is -4.26. The third-order valence-electron chi connectivity index (χ3n) is 11.2. The first-order chi connectivity index (χ1) is 31.7. The molecule has 4 aromatic rings. The molecule has 0 bridgehead atoms. The highest BCUT2D eigenvalue weighted by molar-refractivity contribution is 6.05. The van der Waals surface area contributed by atoms with Gasteiger partial charge in [0.15, 0.2) is 0 Å². The van der Waals surface area contributed by atoms with Gasteiger partial charge < -0.3 is 30.3 Å². The van der Waals surface area contributed by atoms with E-state index in [0.717, 1.165) is 34.1 Å². The zero-order valence-corrected chi connectivity index (χ0v) is 37.5. The molecule has 0 atom stereocenters. The van der Waals surface area contributed by atoms with Crippen LogP contribution in [0.1, 0.15) is 89.4 Å². The first kappa shape index (κ1) is 52.1. The van der Waals surface area contributed by atoms with Gasteiger partial charge in [-0.3, -0.25) is 28.8 Å². The Hall–Kier alpha value is -6.86. The van der Waals surface area contributed by atoms with Crippen LogP contribution in [0.25, 0.3) is 0 Å². The van der Waals surface area contributed by atoms with Gasteiger partial charge in [-0.2, -0.15) is 17.6 Å². The Morgan fingerprint density at radius 2 is 0.912 bits per heavy atom. The van der Waals surface area contributed by atoms with E-state index in [-0.39, 0.29) is 85.5 Å². The molecule has 2 heterocycles. The van der Waals surface area contributed by atoms with Gasteiger partial charge in [-0.15, -0.1) is 0 Å². The molecule has 20 heteroatoms. The van der Waals surface area contributed by atoms with Crippen molar-refractivity contribution in [1.29, 1.82) is 0 Å². The number of carbonyl (C=O) groups excluding carboxylic acids is 5. The van der Waals surface area contributed by atoms with Crippen molar-refractivity contribution in [2.45, 2.75) is 77.7 Å². The molecule has 364 valence electrons. The maximum atomic E-state index is 15.1. The molecule has 2 aliphatic heterocycles. The minimum absolute atomic E-state index is 0.0131. The van der Waals surface area contributed by atoms with E-state index < -0.39 is 99.2 Å². The number of likely N-dealkylation sites (tertiary alicyclic amines) is 2. The lowest BCUT2D eigenvalue weighted by Gasteiger charge is -2.34. The van der Waals surface area contributed by atoms with Gasteiger partial charge in [0, 0.05) is 48.7 Å². The molecule has 0 unspecified atom stereocenters. The van der Waals surface area contributed by atoms with Crippen molar-refractivity contribution in [1.82, 2.24) is 9.80 Å². The van der Waals surface area contributed by atoms with E-state index in [1.807, 2.05) is 0 Å². The number of piperidine rings is 2. The van der Waals surface area contributed by atoms with E-state index >= 15 is 8.78 Å². The second-order valence-electron chi connectivity index (χ2n) is 17.4.